The van der Waals surface area contributed by atoms with E-state index in [1.165, 1.54) is 6.07 Å². The molecule has 0 saturated carbocycles. The molecule has 2 aromatic carbocycles. The van der Waals surface area contributed by atoms with Crippen LogP contribution in [0.25, 0.3) is 0 Å². The van der Waals surface area contributed by atoms with Crippen molar-refractivity contribution in [3.8, 4) is 0 Å². The maximum absolute atomic E-state index is 13.3. The maximum atomic E-state index is 13.3. The van der Waals surface area contributed by atoms with Crippen LogP contribution >= 0.6 is 11.6 Å². The summed E-state index contributed by atoms with van der Waals surface area (Å²) < 4.78 is 13.3. The van der Waals surface area contributed by atoms with Crippen LogP contribution in [-0.2, 0) is 0 Å². The van der Waals surface area contributed by atoms with Crippen LogP contribution in [0.15, 0.2) is 36.4 Å². The van der Waals surface area contributed by atoms with Crippen molar-refractivity contribution >= 4 is 28.7 Å². The molecule has 0 saturated heterocycles. The topological polar surface area (TPSA) is 29.3 Å². The lowest BCUT2D eigenvalue weighted by molar-refractivity contribution is 0.629. The van der Waals surface area contributed by atoms with Gasteiger partial charge in [0.1, 0.15) is 5.82 Å². The molecule has 0 heterocycles. The van der Waals surface area contributed by atoms with Gasteiger partial charge in [0.25, 0.3) is 0 Å². The second-order valence-electron chi connectivity index (χ2n) is 4.17. The fourth-order valence-corrected chi connectivity index (χ4v) is 2.07. The fourth-order valence-electron chi connectivity index (χ4n) is 1.91. The molecule has 0 fully saturated rings. The first-order valence-corrected chi connectivity index (χ1v) is 5.92. The molecule has 2 nitrogen and oxygen atoms in total. The number of nitrogens with two attached hydrogens (primary N) is 1. The van der Waals surface area contributed by atoms with Crippen LogP contribution in [0.3, 0.4) is 0 Å². The van der Waals surface area contributed by atoms with Crippen molar-refractivity contribution in [2.75, 3.05) is 17.7 Å². The molecular weight excluding hydrogens is 251 g/mol. The molecule has 0 aliphatic rings. The quantitative estimate of drug-likeness (QED) is 0.826. The highest BCUT2D eigenvalue weighted by Gasteiger charge is 2.12. The van der Waals surface area contributed by atoms with Gasteiger partial charge < -0.3 is 10.6 Å². The smallest absolute Gasteiger partial charge is 0.143 e. The third-order valence-electron chi connectivity index (χ3n) is 2.91. The lowest BCUT2D eigenvalue weighted by atomic mass is 10.1. The van der Waals surface area contributed by atoms with Gasteiger partial charge in [0.05, 0.1) is 16.4 Å². The molecule has 2 N–H and O–H groups in total. The number of nitrogens with zero attached hydrogens (tertiary/aromatic N) is 1. The highest BCUT2D eigenvalue weighted by molar-refractivity contribution is 6.31. The Bertz CT molecular complexity index is 584. The lowest BCUT2D eigenvalue weighted by Gasteiger charge is -2.23. The summed E-state index contributed by atoms with van der Waals surface area (Å²) >= 11 is 5.80. The number of anilines is 3. The Kier molecular flexibility index (Phi) is 3.43. The van der Waals surface area contributed by atoms with Gasteiger partial charge in [0.2, 0.25) is 0 Å². The van der Waals surface area contributed by atoms with Crippen molar-refractivity contribution in [2.24, 2.45) is 0 Å². The van der Waals surface area contributed by atoms with E-state index >= 15 is 0 Å². The summed E-state index contributed by atoms with van der Waals surface area (Å²) in [7, 11) is 1.88. The minimum absolute atomic E-state index is 0.0691. The summed E-state index contributed by atoms with van der Waals surface area (Å²) in [6, 6.07) is 10.7. The van der Waals surface area contributed by atoms with Crippen LogP contribution in [-0.4, -0.2) is 7.05 Å². The van der Waals surface area contributed by atoms with Crippen LogP contribution < -0.4 is 10.6 Å². The second-order valence-corrected chi connectivity index (χ2v) is 4.58. The Balaban J connectivity index is 2.50. The Labute approximate surface area is 111 Å². The van der Waals surface area contributed by atoms with E-state index in [0.29, 0.717) is 11.4 Å². The normalized spacial score (nSPS) is 10.4. The monoisotopic (exact) mass is 264 g/mol. The summed E-state index contributed by atoms with van der Waals surface area (Å²) in [5, 5.41) is 0.0691. The molecule has 0 unspecified atom stereocenters. The highest BCUT2D eigenvalue weighted by atomic mass is 35.5. The number of benzene rings is 2. The molecule has 0 spiro atoms. The predicted octanol–water partition coefficient (Wildman–Crippen LogP) is 4.14. The number of hydrogen-bond donors (Lipinski definition) is 1. The summed E-state index contributed by atoms with van der Waals surface area (Å²) in [4.78, 5) is 1.90. The standard InChI is InChI=1S/C14H14ClFN2/c1-9-5-3-4-6-13(9)18(2)14-7-10(15)11(16)8-12(14)17/h3-8H,17H2,1-2H3. The van der Waals surface area contributed by atoms with Crippen molar-refractivity contribution in [3.05, 3.63) is 52.8 Å². The highest BCUT2D eigenvalue weighted by Crippen LogP contribution is 2.34. The van der Waals surface area contributed by atoms with E-state index in [0.717, 1.165) is 11.3 Å². The number of nitrogen functional groups attached to an aromatic ring is 1. The first-order valence-electron chi connectivity index (χ1n) is 5.54. The van der Waals surface area contributed by atoms with Crippen LogP contribution in [0.1, 0.15) is 5.56 Å². The van der Waals surface area contributed by atoms with E-state index in [9.17, 15) is 4.39 Å². The zero-order chi connectivity index (χ0) is 13.3. The Morgan fingerprint density at radius 3 is 2.50 bits per heavy atom. The van der Waals surface area contributed by atoms with Gasteiger partial charge in [0, 0.05) is 18.8 Å². The van der Waals surface area contributed by atoms with Crippen LogP contribution in [0.2, 0.25) is 5.02 Å². The van der Waals surface area contributed by atoms with E-state index in [-0.39, 0.29) is 5.02 Å². The van der Waals surface area contributed by atoms with E-state index in [2.05, 4.69) is 0 Å². The van der Waals surface area contributed by atoms with Crippen LogP contribution in [0, 0.1) is 12.7 Å². The number of halogens is 2. The molecule has 0 atom stereocenters. The van der Waals surface area contributed by atoms with Crippen LogP contribution in [0.4, 0.5) is 21.5 Å². The minimum atomic E-state index is -0.504. The van der Waals surface area contributed by atoms with Crippen LogP contribution in [0.5, 0.6) is 0 Å². The Morgan fingerprint density at radius 1 is 1.17 bits per heavy atom. The molecular formula is C14H14ClFN2. The van der Waals surface area contributed by atoms with Gasteiger partial charge >= 0.3 is 0 Å². The first-order chi connectivity index (χ1) is 8.50. The van der Waals surface area contributed by atoms with Gasteiger partial charge in [-0.05, 0) is 24.6 Å². The van der Waals surface area contributed by atoms with E-state index in [4.69, 9.17) is 17.3 Å². The van der Waals surface area contributed by atoms with Crippen molar-refractivity contribution in [1.29, 1.82) is 0 Å². The van der Waals surface area contributed by atoms with Crippen molar-refractivity contribution in [2.45, 2.75) is 6.92 Å². The fraction of sp³-hybridized carbons (Fsp3) is 0.143. The second kappa shape index (κ2) is 4.86. The summed E-state index contributed by atoms with van der Waals surface area (Å²) in [6.07, 6.45) is 0. The Hall–Kier alpha value is -1.74. The van der Waals surface area contributed by atoms with Crippen molar-refractivity contribution < 1.29 is 4.39 Å². The number of rotatable bonds is 2. The molecule has 2 rings (SSSR count). The SMILES string of the molecule is Cc1ccccc1N(C)c1cc(Cl)c(F)cc1N. The number of aryl methyl sites for hydroxylation is 1. The van der Waals surface area contributed by atoms with Crippen molar-refractivity contribution in [1.82, 2.24) is 0 Å². The number of para-hydroxylation sites is 1. The molecule has 0 aromatic heterocycles. The van der Waals surface area contributed by atoms with Gasteiger partial charge in [-0.2, -0.15) is 0 Å². The Morgan fingerprint density at radius 2 is 1.83 bits per heavy atom. The molecule has 0 aliphatic heterocycles. The maximum Gasteiger partial charge on any atom is 0.143 e. The van der Waals surface area contributed by atoms with E-state index < -0.39 is 5.82 Å². The summed E-state index contributed by atoms with van der Waals surface area (Å²) in [5.41, 5.74) is 9.01. The van der Waals surface area contributed by atoms with Gasteiger partial charge in [-0.25, -0.2) is 4.39 Å². The summed E-state index contributed by atoms with van der Waals surface area (Å²) in [6.45, 7) is 2.01. The zero-order valence-corrected chi connectivity index (χ0v) is 11.0. The minimum Gasteiger partial charge on any atom is -0.397 e. The van der Waals surface area contributed by atoms with Gasteiger partial charge in [-0.15, -0.1) is 0 Å². The molecule has 0 amide bonds. The van der Waals surface area contributed by atoms with Gasteiger partial charge in [-0.1, -0.05) is 29.8 Å². The third-order valence-corrected chi connectivity index (χ3v) is 3.20. The zero-order valence-electron chi connectivity index (χ0n) is 10.2. The molecule has 0 radical (unpaired) electrons. The van der Waals surface area contributed by atoms with Crippen molar-refractivity contribution in [3.63, 3.8) is 0 Å². The predicted molar refractivity (Wildman–Crippen MR) is 75.1 cm³/mol. The molecule has 0 aliphatic carbocycles. The molecule has 2 aromatic rings. The summed E-state index contributed by atoms with van der Waals surface area (Å²) in [5.74, 6) is -0.504. The lowest BCUT2D eigenvalue weighted by Crippen LogP contribution is -2.13. The molecule has 18 heavy (non-hydrogen) atoms. The van der Waals surface area contributed by atoms with Gasteiger partial charge in [-0.3, -0.25) is 0 Å². The largest absolute Gasteiger partial charge is 0.397 e. The van der Waals surface area contributed by atoms with Gasteiger partial charge in [0.15, 0.2) is 0 Å². The van der Waals surface area contributed by atoms with E-state index in [1.54, 1.807) is 6.07 Å². The van der Waals surface area contributed by atoms with E-state index in [1.807, 2.05) is 43.1 Å². The average molecular weight is 265 g/mol. The average Bonchev–Trinajstić information content (AvgIpc) is 2.33. The number of hydrogen-bond acceptors (Lipinski definition) is 2. The molecule has 94 valence electrons. The third kappa shape index (κ3) is 2.27. The first kappa shape index (κ1) is 12.7. The molecule has 0 bridgehead atoms. The molecule has 4 heteroatoms.